The van der Waals surface area contributed by atoms with E-state index in [2.05, 4.69) is 5.32 Å². The van der Waals surface area contributed by atoms with Crippen molar-refractivity contribution in [2.45, 2.75) is 37.8 Å². The van der Waals surface area contributed by atoms with E-state index in [1.54, 1.807) is 24.3 Å². The van der Waals surface area contributed by atoms with Crippen LogP contribution in [-0.2, 0) is 0 Å². The summed E-state index contributed by atoms with van der Waals surface area (Å²) in [5.41, 5.74) is 0.239. The molecular formula is C19H19ClN2O5. The third-order valence-corrected chi connectivity index (χ3v) is 4.73. The molecule has 0 radical (unpaired) electrons. The summed E-state index contributed by atoms with van der Waals surface area (Å²) in [6, 6.07) is 10.6. The number of carbonyl (C=O) groups excluding carboxylic acids is 1. The first kappa shape index (κ1) is 19.1. The second-order valence-corrected chi connectivity index (χ2v) is 6.91. The minimum atomic E-state index is -0.565. The number of hydrogen-bond acceptors (Lipinski definition) is 5. The summed E-state index contributed by atoms with van der Waals surface area (Å²) in [6.45, 7) is 0. The molecule has 2 N–H and O–H groups in total. The molecular weight excluding hydrogens is 372 g/mol. The summed E-state index contributed by atoms with van der Waals surface area (Å²) in [4.78, 5) is 22.9. The second kappa shape index (κ2) is 8.37. The second-order valence-electron chi connectivity index (χ2n) is 6.47. The molecule has 7 nitrogen and oxygen atoms in total. The molecule has 0 aliphatic heterocycles. The highest BCUT2D eigenvalue weighted by Gasteiger charge is 2.21. The van der Waals surface area contributed by atoms with Crippen LogP contribution in [0, 0.1) is 10.1 Å². The number of nitrogens with zero attached hydrogens (tertiary/aromatic N) is 1. The van der Waals surface area contributed by atoms with Crippen LogP contribution < -0.4 is 10.1 Å². The summed E-state index contributed by atoms with van der Waals surface area (Å²) in [6.07, 6.45) is 2.63. The van der Waals surface area contributed by atoms with Crippen molar-refractivity contribution in [3.8, 4) is 11.5 Å². The molecule has 142 valence electrons. The first-order valence-corrected chi connectivity index (χ1v) is 9.01. The Morgan fingerprint density at radius 3 is 2.44 bits per heavy atom. The van der Waals surface area contributed by atoms with Gasteiger partial charge in [-0.3, -0.25) is 14.9 Å². The Kier molecular flexibility index (Phi) is 5.93. The molecule has 0 bridgehead atoms. The van der Waals surface area contributed by atoms with Gasteiger partial charge < -0.3 is 15.2 Å². The number of carbonyl (C=O) groups is 1. The lowest BCUT2D eigenvalue weighted by Crippen LogP contribution is -2.38. The van der Waals surface area contributed by atoms with E-state index in [0.717, 1.165) is 12.8 Å². The number of hydrogen-bond donors (Lipinski definition) is 2. The van der Waals surface area contributed by atoms with Crippen molar-refractivity contribution in [2.24, 2.45) is 0 Å². The van der Waals surface area contributed by atoms with E-state index >= 15 is 0 Å². The summed E-state index contributed by atoms with van der Waals surface area (Å²) < 4.78 is 5.56. The average Bonchev–Trinajstić information content (AvgIpc) is 2.65. The van der Waals surface area contributed by atoms with Gasteiger partial charge >= 0.3 is 5.69 Å². The number of halogens is 1. The first-order chi connectivity index (χ1) is 12.9. The molecule has 1 aliphatic rings. The molecule has 0 unspecified atom stereocenters. The van der Waals surface area contributed by atoms with Gasteiger partial charge in [0.15, 0.2) is 0 Å². The van der Waals surface area contributed by atoms with Gasteiger partial charge in [0.2, 0.25) is 5.75 Å². The summed E-state index contributed by atoms with van der Waals surface area (Å²) in [7, 11) is 0. The van der Waals surface area contributed by atoms with Gasteiger partial charge in [-0.1, -0.05) is 11.6 Å². The molecule has 0 spiro atoms. The van der Waals surface area contributed by atoms with Crippen molar-refractivity contribution >= 4 is 23.2 Å². The van der Waals surface area contributed by atoms with Crippen LogP contribution in [-0.4, -0.2) is 28.1 Å². The van der Waals surface area contributed by atoms with Crippen molar-refractivity contribution in [1.82, 2.24) is 5.32 Å². The van der Waals surface area contributed by atoms with Crippen molar-refractivity contribution in [3.63, 3.8) is 0 Å². The van der Waals surface area contributed by atoms with Crippen molar-refractivity contribution < 1.29 is 19.6 Å². The van der Waals surface area contributed by atoms with Crippen LogP contribution in [0.25, 0.3) is 0 Å². The summed E-state index contributed by atoms with van der Waals surface area (Å²) in [5, 5.41) is 23.8. The highest BCUT2D eigenvalue weighted by molar-refractivity contribution is 6.30. The quantitative estimate of drug-likeness (QED) is 0.591. The largest absolute Gasteiger partial charge is 0.450 e. The number of rotatable bonds is 5. The van der Waals surface area contributed by atoms with E-state index in [1.165, 1.54) is 18.2 Å². The van der Waals surface area contributed by atoms with Crippen LogP contribution in [0.2, 0.25) is 5.02 Å². The molecule has 0 aromatic heterocycles. The maximum absolute atomic E-state index is 12.3. The fourth-order valence-electron chi connectivity index (χ4n) is 3.01. The Balaban J connectivity index is 1.65. The SMILES string of the molecule is O=C(NC1CCC(O)CC1)c1ccc(Oc2ccc(Cl)cc2[N+](=O)[O-])cc1. The van der Waals surface area contributed by atoms with Gasteiger partial charge in [0.1, 0.15) is 5.75 Å². The van der Waals surface area contributed by atoms with Crippen LogP contribution in [0.1, 0.15) is 36.0 Å². The summed E-state index contributed by atoms with van der Waals surface area (Å²) in [5.74, 6) is 0.250. The monoisotopic (exact) mass is 390 g/mol. The minimum Gasteiger partial charge on any atom is -0.450 e. The maximum atomic E-state index is 12.3. The van der Waals surface area contributed by atoms with Gasteiger partial charge in [-0.2, -0.15) is 0 Å². The Bertz CT molecular complexity index is 832. The predicted molar refractivity (Wildman–Crippen MR) is 100 cm³/mol. The third-order valence-electron chi connectivity index (χ3n) is 4.49. The topological polar surface area (TPSA) is 102 Å². The Morgan fingerprint density at radius 2 is 1.81 bits per heavy atom. The van der Waals surface area contributed by atoms with Crippen molar-refractivity contribution in [2.75, 3.05) is 0 Å². The molecule has 1 saturated carbocycles. The number of nitro benzene ring substituents is 1. The molecule has 0 saturated heterocycles. The van der Waals surface area contributed by atoms with Gasteiger partial charge in [0, 0.05) is 22.7 Å². The lowest BCUT2D eigenvalue weighted by atomic mass is 9.93. The lowest BCUT2D eigenvalue weighted by molar-refractivity contribution is -0.385. The molecule has 27 heavy (non-hydrogen) atoms. The van der Waals surface area contributed by atoms with Crippen molar-refractivity contribution in [1.29, 1.82) is 0 Å². The van der Waals surface area contributed by atoms with Gasteiger partial charge in [-0.05, 0) is 62.1 Å². The number of benzene rings is 2. The normalized spacial score (nSPS) is 19.3. The first-order valence-electron chi connectivity index (χ1n) is 8.63. The highest BCUT2D eigenvalue weighted by Crippen LogP contribution is 2.33. The maximum Gasteiger partial charge on any atom is 0.313 e. The average molecular weight is 391 g/mol. The lowest BCUT2D eigenvalue weighted by Gasteiger charge is -2.26. The van der Waals surface area contributed by atoms with E-state index in [4.69, 9.17) is 16.3 Å². The number of nitrogens with one attached hydrogen (secondary N) is 1. The molecule has 1 aliphatic carbocycles. The van der Waals surface area contributed by atoms with E-state index in [0.29, 0.717) is 24.2 Å². The van der Waals surface area contributed by atoms with Crippen LogP contribution in [0.4, 0.5) is 5.69 Å². The molecule has 1 amide bonds. The molecule has 8 heteroatoms. The third kappa shape index (κ3) is 4.96. The van der Waals surface area contributed by atoms with Gasteiger partial charge in [-0.25, -0.2) is 0 Å². The molecule has 1 fully saturated rings. The Hall–Kier alpha value is -2.64. The zero-order chi connectivity index (χ0) is 19.4. The minimum absolute atomic E-state index is 0.0635. The predicted octanol–water partition coefficient (Wildman–Crippen LogP) is 4.07. The Labute approximate surface area is 161 Å². The molecule has 3 rings (SSSR count). The van der Waals surface area contributed by atoms with Gasteiger partial charge in [-0.15, -0.1) is 0 Å². The zero-order valence-corrected chi connectivity index (χ0v) is 15.2. The smallest absolute Gasteiger partial charge is 0.313 e. The number of aliphatic hydroxyl groups excluding tert-OH is 1. The zero-order valence-electron chi connectivity index (χ0n) is 14.4. The number of aliphatic hydroxyl groups is 1. The van der Waals surface area contributed by atoms with E-state index in [-0.39, 0.29) is 34.5 Å². The van der Waals surface area contributed by atoms with E-state index in [1.807, 2.05) is 0 Å². The molecule has 2 aromatic carbocycles. The van der Waals surface area contributed by atoms with E-state index in [9.17, 15) is 20.0 Å². The summed E-state index contributed by atoms with van der Waals surface area (Å²) >= 11 is 5.79. The number of amides is 1. The number of nitro groups is 1. The standard InChI is InChI=1S/C19H19ClN2O5/c20-13-3-10-18(17(11-13)22(25)26)27-16-8-1-12(2-9-16)19(24)21-14-4-6-15(23)7-5-14/h1-3,8-11,14-15,23H,4-7H2,(H,21,24). The molecule has 0 atom stereocenters. The van der Waals surface area contributed by atoms with Crippen LogP contribution >= 0.6 is 11.6 Å². The fourth-order valence-corrected chi connectivity index (χ4v) is 3.18. The highest BCUT2D eigenvalue weighted by atomic mass is 35.5. The van der Waals surface area contributed by atoms with Gasteiger partial charge in [0.05, 0.1) is 11.0 Å². The molecule has 0 heterocycles. The van der Waals surface area contributed by atoms with Crippen molar-refractivity contribution in [3.05, 3.63) is 63.2 Å². The number of ether oxygens (including phenoxy) is 1. The van der Waals surface area contributed by atoms with Crippen LogP contribution in [0.3, 0.4) is 0 Å². The Morgan fingerprint density at radius 1 is 1.15 bits per heavy atom. The van der Waals surface area contributed by atoms with Gasteiger partial charge in [0.25, 0.3) is 5.91 Å². The van der Waals surface area contributed by atoms with E-state index < -0.39 is 4.92 Å². The van der Waals surface area contributed by atoms with Crippen LogP contribution in [0.15, 0.2) is 42.5 Å². The van der Waals surface area contributed by atoms with Crippen LogP contribution in [0.5, 0.6) is 11.5 Å². The fraction of sp³-hybridized carbons (Fsp3) is 0.316. The molecule has 2 aromatic rings.